The van der Waals surface area contributed by atoms with Crippen molar-refractivity contribution in [2.24, 2.45) is 0 Å². The van der Waals surface area contributed by atoms with E-state index in [0.717, 1.165) is 14.3 Å². The fourth-order valence-corrected chi connectivity index (χ4v) is 6.03. The van der Waals surface area contributed by atoms with Crippen LogP contribution in [0.15, 0.2) is 82.2 Å². The molecule has 38 heavy (non-hydrogen) atoms. The molecule has 3 aromatic rings. The molecule has 0 heterocycles. The van der Waals surface area contributed by atoms with Crippen LogP contribution in [-0.2, 0) is 26.2 Å². The minimum absolute atomic E-state index is 0.0383. The van der Waals surface area contributed by atoms with E-state index >= 15 is 0 Å². The van der Waals surface area contributed by atoms with Gasteiger partial charge in [0.05, 0.1) is 10.6 Å². The Kier molecular flexibility index (Phi) is 9.98. The normalized spacial score (nSPS) is 12.2. The largest absolute Gasteiger partial charge is 0.352 e. The Bertz CT molecular complexity index is 1400. The lowest BCUT2D eigenvalue weighted by Crippen LogP contribution is -2.52. The van der Waals surface area contributed by atoms with Crippen LogP contribution >= 0.6 is 27.5 Å². The van der Waals surface area contributed by atoms with Crippen molar-refractivity contribution in [3.63, 3.8) is 0 Å². The van der Waals surface area contributed by atoms with Crippen molar-refractivity contribution < 1.29 is 18.0 Å². The molecule has 10 heteroatoms. The van der Waals surface area contributed by atoms with Gasteiger partial charge in [-0.3, -0.25) is 13.9 Å². The number of hydrogen-bond donors (Lipinski definition) is 1. The van der Waals surface area contributed by atoms with Crippen LogP contribution in [0.3, 0.4) is 0 Å². The topological polar surface area (TPSA) is 86.8 Å². The maximum atomic E-state index is 13.9. The van der Waals surface area contributed by atoms with Crippen molar-refractivity contribution in [1.29, 1.82) is 0 Å². The molecule has 3 rings (SSSR count). The van der Waals surface area contributed by atoms with Gasteiger partial charge in [0.2, 0.25) is 11.8 Å². The van der Waals surface area contributed by atoms with Crippen LogP contribution in [0, 0.1) is 6.92 Å². The lowest BCUT2D eigenvalue weighted by atomic mass is 10.1. The highest BCUT2D eigenvalue weighted by Gasteiger charge is 2.33. The number of sulfonamides is 1. The molecule has 7 nitrogen and oxygen atoms in total. The third-order valence-corrected chi connectivity index (χ3v) is 8.63. The van der Waals surface area contributed by atoms with Crippen LogP contribution in [0.25, 0.3) is 0 Å². The van der Waals surface area contributed by atoms with Crippen LogP contribution in [0.2, 0.25) is 5.02 Å². The van der Waals surface area contributed by atoms with E-state index < -0.39 is 28.5 Å². The maximum Gasteiger partial charge on any atom is 0.264 e. The fourth-order valence-electron chi connectivity index (χ4n) is 3.92. The van der Waals surface area contributed by atoms with E-state index in [1.807, 2.05) is 38.1 Å². The first-order valence-electron chi connectivity index (χ1n) is 12.1. The van der Waals surface area contributed by atoms with Gasteiger partial charge in [-0.2, -0.15) is 0 Å². The Balaban J connectivity index is 2.07. The van der Waals surface area contributed by atoms with Crippen molar-refractivity contribution in [2.45, 2.75) is 51.2 Å². The molecule has 1 N–H and O–H groups in total. The zero-order valence-electron chi connectivity index (χ0n) is 21.7. The number of nitrogens with one attached hydrogen (secondary N) is 1. The van der Waals surface area contributed by atoms with Crippen molar-refractivity contribution >= 4 is 55.1 Å². The van der Waals surface area contributed by atoms with E-state index in [4.69, 9.17) is 11.6 Å². The fraction of sp³-hybridized carbons (Fsp3) is 0.286. The van der Waals surface area contributed by atoms with Crippen molar-refractivity contribution in [3.8, 4) is 0 Å². The zero-order valence-corrected chi connectivity index (χ0v) is 24.8. The van der Waals surface area contributed by atoms with Gasteiger partial charge in [-0.15, -0.1) is 0 Å². The summed E-state index contributed by atoms with van der Waals surface area (Å²) in [5, 5.41) is 3.22. The predicted molar refractivity (Wildman–Crippen MR) is 155 cm³/mol. The summed E-state index contributed by atoms with van der Waals surface area (Å²) < 4.78 is 29.6. The number of carbonyl (C=O) groups excluding carboxylic acids is 2. The summed E-state index contributed by atoms with van der Waals surface area (Å²) in [5.41, 5.74) is 1.59. The van der Waals surface area contributed by atoms with Gasteiger partial charge in [0, 0.05) is 22.1 Å². The number of nitrogens with zero attached hydrogens (tertiary/aromatic N) is 2. The Labute approximate surface area is 238 Å². The van der Waals surface area contributed by atoms with Crippen molar-refractivity contribution in [1.82, 2.24) is 10.2 Å². The number of halogens is 2. The summed E-state index contributed by atoms with van der Waals surface area (Å²) in [5.74, 6) is -0.866. The number of anilines is 1. The second kappa shape index (κ2) is 12.8. The summed E-state index contributed by atoms with van der Waals surface area (Å²) in [6.07, 6.45) is 0. The van der Waals surface area contributed by atoms with Gasteiger partial charge >= 0.3 is 0 Å². The number of hydrogen-bond acceptors (Lipinski definition) is 4. The highest BCUT2D eigenvalue weighted by atomic mass is 79.9. The molecule has 0 unspecified atom stereocenters. The first kappa shape index (κ1) is 29.7. The second-order valence-electron chi connectivity index (χ2n) is 9.20. The average Bonchev–Trinajstić information content (AvgIpc) is 2.87. The minimum atomic E-state index is -4.15. The van der Waals surface area contributed by atoms with E-state index in [9.17, 15) is 18.0 Å². The SMILES string of the molecule is Cc1c(Cl)cccc1N(CC(=O)N(Cc1cccc(Br)c1)[C@H](C)C(=O)NC(C)C)S(=O)(=O)c1ccccc1. The van der Waals surface area contributed by atoms with Crippen molar-refractivity contribution in [3.05, 3.63) is 93.4 Å². The van der Waals surface area contributed by atoms with Gasteiger partial charge in [-0.25, -0.2) is 8.42 Å². The summed E-state index contributed by atoms with van der Waals surface area (Å²) >= 11 is 9.78. The van der Waals surface area contributed by atoms with Gasteiger partial charge in [0.1, 0.15) is 12.6 Å². The van der Waals surface area contributed by atoms with Crippen LogP contribution in [0.5, 0.6) is 0 Å². The van der Waals surface area contributed by atoms with E-state index in [2.05, 4.69) is 21.2 Å². The smallest absolute Gasteiger partial charge is 0.264 e. The summed E-state index contributed by atoms with van der Waals surface area (Å²) in [7, 11) is -4.15. The van der Waals surface area contributed by atoms with Gasteiger partial charge in [-0.1, -0.05) is 63.9 Å². The van der Waals surface area contributed by atoms with Gasteiger partial charge in [0.25, 0.3) is 10.0 Å². The maximum absolute atomic E-state index is 13.9. The molecule has 2 amide bonds. The number of rotatable bonds is 10. The molecule has 0 fully saturated rings. The molecule has 1 atom stereocenters. The third kappa shape index (κ3) is 7.15. The standard InChI is InChI=1S/C28H31BrClN3O4S/c1-19(2)31-28(35)21(4)32(17-22-10-8-11-23(29)16-22)27(34)18-33(26-15-9-14-25(30)20(26)3)38(36,37)24-12-6-5-7-13-24/h5-16,19,21H,17-18H2,1-4H3,(H,31,35)/t21-/m1/s1. The molecule has 0 aliphatic rings. The molecule has 3 aromatic carbocycles. The molecule has 202 valence electrons. The Hall–Kier alpha value is -2.88. The van der Waals surface area contributed by atoms with Crippen LogP contribution < -0.4 is 9.62 Å². The zero-order chi connectivity index (χ0) is 28.0. The third-order valence-electron chi connectivity index (χ3n) is 5.96. The van der Waals surface area contributed by atoms with Crippen LogP contribution in [-0.4, -0.2) is 43.8 Å². The van der Waals surface area contributed by atoms with E-state index in [1.165, 1.54) is 17.0 Å². The lowest BCUT2D eigenvalue weighted by molar-refractivity contribution is -0.139. The second-order valence-corrected chi connectivity index (χ2v) is 12.4. The predicted octanol–water partition coefficient (Wildman–Crippen LogP) is 5.55. The number of amides is 2. The lowest BCUT2D eigenvalue weighted by Gasteiger charge is -2.32. The first-order valence-corrected chi connectivity index (χ1v) is 14.7. The minimum Gasteiger partial charge on any atom is -0.352 e. The molecule has 0 spiro atoms. The average molecular weight is 621 g/mol. The van der Waals surface area contributed by atoms with Crippen LogP contribution in [0.4, 0.5) is 5.69 Å². The molecule has 0 aliphatic heterocycles. The first-order chi connectivity index (χ1) is 17.9. The van der Waals surface area contributed by atoms with Gasteiger partial charge in [0.15, 0.2) is 0 Å². The summed E-state index contributed by atoms with van der Waals surface area (Å²) in [4.78, 5) is 28.3. The molecular formula is C28H31BrClN3O4S. The molecule has 0 saturated heterocycles. The highest BCUT2D eigenvalue weighted by molar-refractivity contribution is 9.10. The quantitative estimate of drug-likeness (QED) is 0.322. The molecule has 0 aliphatic carbocycles. The monoisotopic (exact) mass is 619 g/mol. The van der Waals surface area contributed by atoms with Gasteiger partial charge < -0.3 is 10.2 Å². The van der Waals surface area contributed by atoms with Gasteiger partial charge in [-0.05, 0) is 75.2 Å². The molecule has 0 aromatic heterocycles. The molecular weight excluding hydrogens is 590 g/mol. The number of carbonyl (C=O) groups is 2. The van der Waals surface area contributed by atoms with E-state index in [-0.39, 0.29) is 29.1 Å². The summed E-state index contributed by atoms with van der Waals surface area (Å²) in [6, 6.07) is 19.2. The Morgan fingerprint density at radius 2 is 1.63 bits per heavy atom. The molecule has 0 bridgehead atoms. The van der Waals surface area contributed by atoms with E-state index in [1.54, 1.807) is 50.2 Å². The molecule has 0 radical (unpaired) electrons. The Morgan fingerprint density at radius 3 is 2.26 bits per heavy atom. The number of benzene rings is 3. The Morgan fingerprint density at radius 1 is 0.974 bits per heavy atom. The molecule has 0 saturated carbocycles. The highest BCUT2D eigenvalue weighted by Crippen LogP contribution is 2.31. The van der Waals surface area contributed by atoms with Crippen LogP contribution in [0.1, 0.15) is 31.9 Å². The van der Waals surface area contributed by atoms with Crippen molar-refractivity contribution in [2.75, 3.05) is 10.8 Å². The summed E-state index contributed by atoms with van der Waals surface area (Å²) in [6.45, 7) is 6.59. The van der Waals surface area contributed by atoms with E-state index in [0.29, 0.717) is 10.6 Å².